The minimum Gasteiger partial charge on any atom is -0.496 e. The van der Waals surface area contributed by atoms with Crippen LogP contribution in [0.1, 0.15) is 24.4 Å². The lowest BCUT2D eigenvalue weighted by Gasteiger charge is -2.31. The van der Waals surface area contributed by atoms with Crippen LogP contribution in [-0.4, -0.2) is 19.1 Å². The van der Waals surface area contributed by atoms with Crippen molar-refractivity contribution < 1.29 is 9.53 Å². The number of methoxy groups -OCH3 is 1. The summed E-state index contributed by atoms with van der Waals surface area (Å²) in [4.78, 5) is 11.7. The highest BCUT2D eigenvalue weighted by molar-refractivity contribution is 5.89. The number of nitrogens with one attached hydrogen (secondary N) is 1. The molecule has 2 unspecified atom stereocenters. The molecule has 1 fully saturated rings. The first-order valence-electron chi connectivity index (χ1n) is 6.81. The molecular formula is C16H18N2O2. The maximum atomic E-state index is 11.7. The zero-order chi connectivity index (χ0) is 14.1. The van der Waals surface area contributed by atoms with Crippen LogP contribution < -0.4 is 15.8 Å². The van der Waals surface area contributed by atoms with Gasteiger partial charge in [-0.1, -0.05) is 30.3 Å². The van der Waals surface area contributed by atoms with Crippen molar-refractivity contribution in [2.24, 2.45) is 5.73 Å². The minimum absolute atomic E-state index is 0.0479. The number of nitrogens with two attached hydrogens (primary N) is 1. The Bertz CT molecular complexity index is 654. The number of carbonyl (C=O) groups excluding carboxylic acids is 1. The highest BCUT2D eigenvalue weighted by atomic mass is 16.5. The van der Waals surface area contributed by atoms with E-state index in [1.54, 1.807) is 7.11 Å². The molecule has 0 saturated carbocycles. The molecule has 1 heterocycles. The number of hydrogen-bond donors (Lipinski definition) is 2. The van der Waals surface area contributed by atoms with Gasteiger partial charge in [-0.2, -0.15) is 0 Å². The number of ether oxygens (including phenoxy) is 1. The Labute approximate surface area is 117 Å². The van der Waals surface area contributed by atoms with Gasteiger partial charge in [0.05, 0.1) is 13.2 Å². The zero-order valence-corrected chi connectivity index (χ0v) is 11.4. The quantitative estimate of drug-likeness (QED) is 0.878. The van der Waals surface area contributed by atoms with Crippen molar-refractivity contribution in [3.05, 3.63) is 42.0 Å². The SMILES string of the molecule is COc1ccc2ccccc2c1C1NC(=O)CCC1N. The third-order valence-electron chi connectivity index (χ3n) is 3.91. The fourth-order valence-corrected chi connectivity index (χ4v) is 2.88. The van der Waals surface area contributed by atoms with Gasteiger partial charge >= 0.3 is 0 Å². The van der Waals surface area contributed by atoms with E-state index >= 15 is 0 Å². The van der Waals surface area contributed by atoms with Gasteiger partial charge in [-0.3, -0.25) is 4.79 Å². The minimum atomic E-state index is -0.197. The molecule has 0 aliphatic carbocycles. The van der Waals surface area contributed by atoms with Gasteiger partial charge < -0.3 is 15.8 Å². The van der Waals surface area contributed by atoms with E-state index in [0.717, 1.165) is 22.1 Å². The summed E-state index contributed by atoms with van der Waals surface area (Å²) < 4.78 is 5.48. The normalized spacial score (nSPS) is 22.6. The van der Waals surface area contributed by atoms with Crippen molar-refractivity contribution in [1.82, 2.24) is 5.32 Å². The van der Waals surface area contributed by atoms with E-state index in [4.69, 9.17) is 10.5 Å². The Morgan fingerprint density at radius 1 is 1.25 bits per heavy atom. The van der Waals surface area contributed by atoms with Crippen LogP contribution >= 0.6 is 0 Å². The fourth-order valence-electron chi connectivity index (χ4n) is 2.88. The molecule has 1 saturated heterocycles. The lowest BCUT2D eigenvalue weighted by molar-refractivity contribution is -0.123. The van der Waals surface area contributed by atoms with E-state index in [9.17, 15) is 4.79 Å². The standard InChI is InChI=1S/C16H18N2O2/c1-20-13-8-6-10-4-2-3-5-11(10)15(13)16-12(17)7-9-14(19)18-16/h2-6,8,12,16H,7,9,17H2,1H3,(H,18,19). The molecule has 4 nitrogen and oxygen atoms in total. The largest absolute Gasteiger partial charge is 0.496 e. The van der Waals surface area contributed by atoms with Crippen molar-refractivity contribution in [2.75, 3.05) is 7.11 Å². The molecule has 1 amide bonds. The molecule has 0 bridgehead atoms. The molecule has 3 rings (SSSR count). The number of benzene rings is 2. The van der Waals surface area contributed by atoms with Crippen molar-refractivity contribution in [3.63, 3.8) is 0 Å². The van der Waals surface area contributed by atoms with Gasteiger partial charge in [0.1, 0.15) is 5.75 Å². The molecule has 0 aromatic heterocycles. The molecule has 0 radical (unpaired) electrons. The average Bonchev–Trinajstić information content (AvgIpc) is 2.48. The maximum absolute atomic E-state index is 11.7. The van der Waals surface area contributed by atoms with E-state index < -0.39 is 0 Å². The highest BCUT2D eigenvalue weighted by Gasteiger charge is 2.30. The van der Waals surface area contributed by atoms with Crippen LogP contribution in [0.2, 0.25) is 0 Å². The van der Waals surface area contributed by atoms with E-state index in [-0.39, 0.29) is 18.0 Å². The summed E-state index contributed by atoms with van der Waals surface area (Å²) >= 11 is 0. The number of hydrogen-bond acceptors (Lipinski definition) is 3. The third-order valence-corrected chi connectivity index (χ3v) is 3.91. The average molecular weight is 270 g/mol. The van der Waals surface area contributed by atoms with Crippen molar-refractivity contribution >= 4 is 16.7 Å². The van der Waals surface area contributed by atoms with Gasteiger partial charge in [0, 0.05) is 18.0 Å². The first-order chi connectivity index (χ1) is 9.70. The first-order valence-corrected chi connectivity index (χ1v) is 6.81. The van der Waals surface area contributed by atoms with Crippen LogP contribution in [-0.2, 0) is 4.79 Å². The van der Waals surface area contributed by atoms with Crippen LogP contribution in [0.15, 0.2) is 36.4 Å². The molecule has 1 aliphatic heterocycles. The molecule has 104 valence electrons. The summed E-state index contributed by atoms with van der Waals surface area (Å²) in [5, 5.41) is 5.20. The molecule has 0 spiro atoms. The molecular weight excluding hydrogens is 252 g/mol. The van der Waals surface area contributed by atoms with Crippen molar-refractivity contribution in [1.29, 1.82) is 0 Å². The van der Waals surface area contributed by atoms with Crippen LogP contribution in [0.4, 0.5) is 0 Å². The molecule has 1 aliphatic rings. The van der Waals surface area contributed by atoms with Crippen LogP contribution in [0.25, 0.3) is 10.8 Å². The van der Waals surface area contributed by atoms with Gasteiger partial charge in [0.2, 0.25) is 5.91 Å². The topological polar surface area (TPSA) is 64.3 Å². The second-order valence-electron chi connectivity index (χ2n) is 5.15. The van der Waals surface area contributed by atoms with Gasteiger partial charge in [0.25, 0.3) is 0 Å². The van der Waals surface area contributed by atoms with Gasteiger partial charge in [-0.05, 0) is 23.3 Å². The summed E-state index contributed by atoms with van der Waals surface area (Å²) in [6.45, 7) is 0. The summed E-state index contributed by atoms with van der Waals surface area (Å²) in [6.07, 6.45) is 1.19. The van der Waals surface area contributed by atoms with Gasteiger partial charge in [-0.25, -0.2) is 0 Å². The van der Waals surface area contributed by atoms with Crippen LogP contribution in [0.5, 0.6) is 5.75 Å². The highest BCUT2D eigenvalue weighted by Crippen LogP contribution is 2.36. The second-order valence-corrected chi connectivity index (χ2v) is 5.15. The monoisotopic (exact) mass is 270 g/mol. The maximum Gasteiger partial charge on any atom is 0.220 e. The number of fused-ring (bicyclic) bond motifs is 1. The predicted octanol–water partition coefficient (Wildman–Crippen LogP) is 2.13. The van der Waals surface area contributed by atoms with Gasteiger partial charge in [0.15, 0.2) is 0 Å². The summed E-state index contributed by atoms with van der Waals surface area (Å²) in [5.74, 6) is 0.818. The predicted molar refractivity (Wildman–Crippen MR) is 78.6 cm³/mol. The Hall–Kier alpha value is -2.07. The number of amides is 1. The summed E-state index contributed by atoms with van der Waals surface area (Å²) in [7, 11) is 1.64. The van der Waals surface area contributed by atoms with E-state index in [1.807, 2.05) is 30.3 Å². The number of rotatable bonds is 2. The van der Waals surface area contributed by atoms with Crippen LogP contribution in [0.3, 0.4) is 0 Å². The third kappa shape index (κ3) is 2.12. The molecule has 2 atom stereocenters. The molecule has 2 aromatic rings. The molecule has 3 N–H and O–H groups in total. The Morgan fingerprint density at radius 2 is 2.05 bits per heavy atom. The second kappa shape index (κ2) is 5.13. The summed E-state index contributed by atoms with van der Waals surface area (Å²) in [6, 6.07) is 11.7. The lowest BCUT2D eigenvalue weighted by Crippen LogP contribution is -2.46. The van der Waals surface area contributed by atoms with Crippen molar-refractivity contribution in [2.45, 2.75) is 24.9 Å². The molecule has 2 aromatic carbocycles. The number of carbonyl (C=O) groups is 1. The number of piperidine rings is 1. The van der Waals surface area contributed by atoms with Crippen molar-refractivity contribution in [3.8, 4) is 5.75 Å². The summed E-state index contributed by atoms with van der Waals surface area (Å²) in [5.41, 5.74) is 7.20. The van der Waals surface area contributed by atoms with E-state index in [0.29, 0.717) is 12.8 Å². The van der Waals surface area contributed by atoms with E-state index in [2.05, 4.69) is 11.4 Å². The molecule has 4 heteroatoms. The fraction of sp³-hybridized carbons (Fsp3) is 0.312. The van der Waals surface area contributed by atoms with Crippen LogP contribution in [0, 0.1) is 0 Å². The first kappa shape index (κ1) is 12.9. The Kier molecular flexibility index (Phi) is 3.32. The van der Waals surface area contributed by atoms with Gasteiger partial charge in [-0.15, -0.1) is 0 Å². The Morgan fingerprint density at radius 3 is 2.85 bits per heavy atom. The zero-order valence-electron chi connectivity index (χ0n) is 11.4. The Balaban J connectivity index is 2.19. The van der Waals surface area contributed by atoms with E-state index in [1.165, 1.54) is 0 Å². The smallest absolute Gasteiger partial charge is 0.220 e. The lowest BCUT2D eigenvalue weighted by atomic mass is 9.89. The molecule has 20 heavy (non-hydrogen) atoms.